The van der Waals surface area contributed by atoms with Crippen molar-refractivity contribution in [1.82, 2.24) is 15.0 Å². The van der Waals surface area contributed by atoms with Crippen LogP contribution in [-0.2, 0) is 6.54 Å². The van der Waals surface area contributed by atoms with E-state index in [0.717, 1.165) is 28.2 Å². The molecule has 0 aliphatic carbocycles. The van der Waals surface area contributed by atoms with Crippen LogP contribution in [0.5, 0.6) is 0 Å². The van der Waals surface area contributed by atoms with E-state index >= 15 is 0 Å². The van der Waals surface area contributed by atoms with Gasteiger partial charge in [-0.25, -0.2) is 4.68 Å². The zero-order chi connectivity index (χ0) is 14.8. The van der Waals surface area contributed by atoms with Gasteiger partial charge in [-0.15, -0.1) is 5.10 Å². The molecule has 106 valence electrons. The lowest BCUT2D eigenvalue weighted by Gasteiger charge is -2.10. The summed E-state index contributed by atoms with van der Waals surface area (Å²) in [6.45, 7) is 2.37. The zero-order valence-electron chi connectivity index (χ0n) is 11.6. The normalized spacial score (nSPS) is 10.8. The van der Waals surface area contributed by atoms with Gasteiger partial charge in [-0.2, -0.15) is 0 Å². The van der Waals surface area contributed by atoms with Crippen molar-refractivity contribution in [3.8, 4) is 16.9 Å². The highest BCUT2D eigenvalue weighted by Crippen LogP contribution is 2.28. The van der Waals surface area contributed by atoms with Crippen molar-refractivity contribution in [3.63, 3.8) is 0 Å². The number of para-hydroxylation sites is 1. The van der Waals surface area contributed by atoms with Crippen LogP contribution >= 0.6 is 11.6 Å². The predicted molar refractivity (Wildman–Crippen MR) is 84.4 cm³/mol. The number of halogens is 1. The Morgan fingerprint density at radius 1 is 1.14 bits per heavy atom. The van der Waals surface area contributed by atoms with Crippen molar-refractivity contribution in [2.75, 3.05) is 0 Å². The highest BCUT2D eigenvalue weighted by atomic mass is 35.5. The Hall–Kier alpha value is -2.17. The molecule has 1 heterocycles. The average Bonchev–Trinajstić information content (AvgIpc) is 2.91. The first-order chi connectivity index (χ1) is 10.2. The summed E-state index contributed by atoms with van der Waals surface area (Å²) < 4.78 is 1.82. The number of aryl methyl sites for hydroxylation is 1. The Labute approximate surface area is 128 Å². The number of nitrogens with zero attached hydrogens (tertiary/aromatic N) is 3. The van der Waals surface area contributed by atoms with Crippen LogP contribution in [0.3, 0.4) is 0 Å². The van der Waals surface area contributed by atoms with Gasteiger partial charge in [-0.3, -0.25) is 0 Å². The van der Waals surface area contributed by atoms with Crippen molar-refractivity contribution < 1.29 is 0 Å². The molecule has 0 radical (unpaired) electrons. The molecule has 2 aromatic carbocycles. The number of rotatable bonds is 3. The topological polar surface area (TPSA) is 56.7 Å². The monoisotopic (exact) mass is 298 g/mol. The first-order valence-electron chi connectivity index (χ1n) is 6.67. The Bertz CT molecular complexity index is 779. The van der Waals surface area contributed by atoms with Crippen LogP contribution < -0.4 is 5.73 Å². The van der Waals surface area contributed by atoms with E-state index in [-0.39, 0.29) is 0 Å². The molecule has 3 rings (SSSR count). The molecular weight excluding hydrogens is 284 g/mol. The highest BCUT2D eigenvalue weighted by Gasteiger charge is 2.16. The van der Waals surface area contributed by atoms with Crippen molar-refractivity contribution in [2.24, 2.45) is 5.73 Å². The number of hydrogen-bond donors (Lipinski definition) is 1. The molecule has 0 atom stereocenters. The van der Waals surface area contributed by atoms with Crippen molar-refractivity contribution >= 4 is 11.6 Å². The zero-order valence-corrected chi connectivity index (χ0v) is 12.4. The van der Waals surface area contributed by atoms with Crippen LogP contribution in [0.15, 0.2) is 48.5 Å². The lowest BCUT2D eigenvalue weighted by Crippen LogP contribution is -2.04. The summed E-state index contributed by atoms with van der Waals surface area (Å²) >= 11 is 6.11. The molecule has 0 spiro atoms. The third-order valence-corrected chi connectivity index (χ3v) is 3.61. The quantitative estimate of drug-likeness (QED) is 0.806. The summed E-state index contributed by atoms with van der Waals surface area (Å²) in [5.74, 6) is 0. The summed E-state index contributed by atoms with van der Waals surface area (Å²) in [6.07, 6.45) is 0. The molecule has 4 nitrogen and oxygen atoms in total. The fourth-order valence-electron chi connectivity index (χ4n) is 2.34. The smallest absolute Gasteiger partial charge is 0.105 e. The number of nitrogens with two attached hydrogens (primary N) is 1. The Kier molecular flexibility index (Phi) is 3.73. The van der Waals surface area contributed by atoms with E-state index in [4.69, 9.17) is 17.3 Å². The molecule has 0 unspecified atom stereocenters. The van der Waals surface area contributed by atoms with Gasteiger partial charge in [0.25, 0.3) is 0 Å². The Balaban J connectivity index is 2.24. The van der Waals surface area contributed by atoms with E-state index in [1.165, 1.54) is 0 Å². The molecular formula is C16H15ClN4. The molecule has 0 aliphatic rings. The second-order valence-corrected chi connectivity index (χ2v) is 5.23. The Morgan fingerprint density at radius 2 is 1.95 bits per heavy atom. The summed E-state index contributed by atoms with van der Waals surface area (Å²) in [7, 11) is 0. The lowest BCUT2D eigenvalue weighted by atomic mass is 10.1. The third-order valence-electron chi connectivity index (χ3n) is 3.38. The van der Waals surface area contributed by atoms with Crippen molar-refractivity contribution in [2.45, 2.75) is 13.5 Å². The SMILES string of the molecule is Cc1ccccc1-n1nnc(CN)c1-c1cccc(Cl)c1. The van der Waals surface area contributed by atoms with Gasteiger partial charge in [0, 0.05) is 17.1 Å². The second kappa shape index (κ2) is 5.68. The van der Waals surface area contributed by atoms with E-state index in [0.29, 0.717) is 11.6 Å². The van der Waals surface area contributed by atoms with Crippen LogP contribution in [0.1, 0.15) is 11.3 Å². The molecule has 3 aromatic rings. The summed E-state index contributed by atoms with van der Waals surface area (Å²) in [6, 6.07) is 15.7. The summed E-state index contributed by atoms with van der Waals surface area (Å²) in [5.41, 5.74) is 10.5. The fourth-order valence-corrected chi connectivity index (χ4v) is 2.54. The third kappa shape index (κ3) is 2.55. The van der Waals surface area contributed by atoms with Gasteiger partial charge in [-0.05, 0) is 30.7 Å². The lowest BCUT2D eigenvalue weighted by molar-refractivity contribution is 0.796. The van der Waals surface area contributed by atoms with Gasteiger partial charge in [0.05, 0.1) is 11.4 Å². The molecule has 0 amide bonds. The number of hydrogen-bond acceptors (Lipinski definition) is 3. The molecule has 0 aliphatic heterocycles. The first kappa shape index (κ1) is 13.8. The van der Waals surface area contributed by atoms with Gasteiger partial charge >= 0.3 is 0 Å². The molecule has 0 fully saturated rings. The summed E-state index contributed by atoms with van der Waals surface area (Å²) in [4.78, 5) is 0. The minimum Gasteiger partial charge on any atom is -0.325 e. The molecule has 1 aromatic heterocycles. The van der Waals surface area contributed by atoms with Gasteiger partial charge < -0.3 is 5.73 Å². The van der Waals surface area contributed by atoms with Gasteiger partial charge in [0.1, 0.15) is 5.69 Å². The second-order valence-electron chi connectivity index (χ2n) is 4.80. The van der Waals surface area contributed by atoms with Gasteiger partial charge in [0.2, 0.25) is 0 Å². The van der Waals surface area contributed by atoms with Crippen LogP contribution in [-0.4, -0.2) is 15.0 Å². The van der Waals surface area contributed by atoms with Crippen molar-refractivity contribution in [1.29, 1.82) is 0 Å². The highest BCUT2D eigenvalue weighted by molar-refractivity contribution is 6.30. The van der Waals surface area contributed by atoms with Crippen LogP contribution in [0.25, 0.3) is 16.9 Å². The van der Waals surface area contributed by atoms with Crippen LogP contribution in [0.4, 0.5) is 0 Å². The van der Waals surface area contributed by atoms with E-state index in [2.05, 4.69) is 10.3 Å². The van der Waals surface area contributed by atoms with Crippen LogP contribution in [0, 0.1) is 6.92 Å². The number of aromatic nitrogens is 3. The first-order valence-corrected chi connectivity index (χ1v) is 7.05. The molecule has 0 saturated heterocycles. The summed E-state index contributed by atoms with van der Waals surface area (Å²) in [5, 5.41) is 9.14. The molecule has 21 heavy (non-hydrogen) atoms. The molecule has 0 saturated carbocycles. The van der Waals surface area contributed by atoms with Crippen LogP contribution in [0.2, 0.25) is 5.02 Å². The fraction of sp³-hybridized carbons (Fsp3) is 0.125. The van der Waals surface area contributed by atoms with Gasteiger partial charge in [-0.1, -0.05) is 47.1 Å². The van der Waals surface area contributed by atoms with Gasteiger partial charge in [0.15, 0.2) is 0 Å². The minimum atomic E-state index is 0.327. The molecule has 0 bridgehead atoms. The maximum Gasteiger partial charge on any atom is 0.105 e. The van der Waals surface area contributed by atoms with Crippen molar-refractivity contribution in [3.05, 3.63) is 64.8 Å². The Morgan fingerprint density at radius 3 is 2.67 bits per heavy atom. The standard InChI is InChI=1S/C16H15ClN4/c1-11-5-2-3-8-15(11)21-16(14(10-18)19-20-21)12-6-4-7-13(17)9-12/h2-9H,10,18H2,1H3. The number of benzene rings is 2. The predicted octanol–water partition coefficient (Wildman–Crippen LogP) is 3.35. The largest absolute Gasteiger partial charge is 0.325 e. The molecule has 5 heteroatoms. The van der Waals surface area contributed by atoms with E-state index < -0.39 is 0 Å². The van der Waals surface area contributed by atoms with E-state index in [1.807, 2.05) is 60.1 Å². The average molecular weight is 299 g/mol. The maximum atomic E-state index is 6.11. The maximum absolute atomic E-state index is 6.11. The molecule has 2 N–H and O–H groups in total. The minimum absolute atomic E-state index is 0.327. The van der Waals surface area contributed by atoms with E-state index in [1.54, 1.807) is 0 Å². The van der Waals surface area contributed by atoms with E-state index in [9.17, 15) is 0 Å².